The van der Waals surface area contributed by atoms with Gasteiger partial charge in [-0.1, -0.05) is 11.3 Å². The van der Waals surface area contributed by atoms with Crippen LogP contribution in [0.3, 0.4) is 0 Å². The molecule has 6 rings (SSSR count). The Morgan fingerprint density at radius 2 is 1.97 bits per heavy atom. The first-order valence-corrected chi connectivity index (χ1v) is 14.8. The fourth-order valence-electron chi connectivity index (χ4n) is 5.09. The van der Waals surface area contributed by atoms with E-state index in [-0.39, 0.29) is 28.1 Å². The molecule has 1 saturated carbocycles. The second-order valence-electron chi connectivity index (χ2n) is 10.4. The second-order valence-corrected chi connectivity index (χ2v) is 13.1. The minimum Gasteiger partial charge on any atom is -0.372 e. The van der Waals surface area contributed by atoms with E-state index in [1.807, 2.05) is 13.8 Å². The summed E-state index contributed by atoms with van der Waals surface area (Å²) in [5.74, 6) is 0. The van der Waals surface area contributed by atoms with E-state index in [1.165, 1.54) is 6.20 Å². The third-order valence-electron chi connectivity index (χ3n) is 7.21. The number of piperazine rings is 1. The molecule has 38 heavy (non-hydrogen) atoms. The highest BCUT2D eigenvalue weighted by Gasteiger charge is 2.46. The second kappa shape index (κ2) is 9.40. The van der Waals surface area contributed by atoms with Gasteiger partial charge < -0.3 is 15.0 Å². The molecule has 0 spiro atoms. The Morgan fingerprint density at radius 1 is 1.26 bits per heavy atom. The van der Waals surface area contributed by atoms with Crippen molar-refractivity contribution in [1.29, 1.82) is 0 Å². The van der Waals surface area contributed by atoms with Gasteiger partial charge in [-0.2, -0.15) is 0 Å². The Hall–Kier alpha value is -2.33. The van der Waals surface area contributed by atoms with Crippen LogP contribution in [0.4, 0.5) is 18.9 Å². The summed E-state index contributed by atoms with van der Waals surface area (Å²) in [6.07, 6.45) is -0.245. The van der Waals surface area contributed by atoms with Crippen LogP contribution < -0.4 is 14.9 Å². The van der Waals surface area contributed by atoms with Gasteiger partial charge in [-0.15, -0.1) is 10.2 Å². The molecule has 206 valence electrons. The monoisotopic (exact) mass is 571 g/mol. The Balaban J connectivity index is 1.57. The predicted molar refractivity (Wildman–Crippen MR) is 135 cm³/mol. The van der Waals surface area contributed by atoms with Crippen LogP contribution >= 0.6 is 11.3 Å². The molecule has 10 nitrogen and oxygen atoms in total. The summed E-state index contributed by atoms with van der Waals surface area (Å²) in [6, 6.07) is 1.81. The molecule has 3 aliphatic rings. The molecule has 0 aromatic carbocycles. The normalized spacial score (nSPS) is 25.2. The van der Waals surface area contributed by atoms with E-state index in [0.717, 1.165) is 11.3 Å². The van der Waals surface area contributed by atoms with Crippen LogP contribution in [0.5, 0.6) is 0 Å². The number of sulfonamides is 1. The summed E-state index contributed by atoms with van der Waals surface area (Å²) < 4.78 is 77.3. The molecule has 0 bridgehead atoms. The van der Waals surface area contributed by atoms with E-state index < -0.39 is 33.7 Å². The third kappa shape index (κ3) is 4.57. The van der Waals surface area contributed by atoms with E-state index >= 15 is 0 Å². The number of hydrogen-bond acceptors (Lipinski definition) is 9. The lowest BCUT2D eigenvalue weighted by molar-refractivity contribution is -0.0546. The maximum Gasteiger partial charge on any atom is 0.291 e. The van der Waals surface area contributed by atoms with Gasteiger partial charge in [-0.25, -0.2) is 31.3 Å². The van der Waals surface area contributed by atoms with Crippen molar-refractivity contribution in [3.8, 4) is 10.7 Å². The van der Waals surface area contributed by atoms with Crippen molar-refractivity contribution in [2.24, 2.45) is 0 Å². The Labute approximate surface area is 221 Å². The lowest BCUT2D eigenvalue weighted by Gasteiger charge is -2.37. The van der Waals surface area contributed by atoms with Crippen molar-refractivity contribution < 1.29 is 26.3 Å². The molecule has 3 fully saturated rings. The maximum atomic E-state index is 13.6. The van der Waals surface area contributed by atoms with Gasteiger partial charge in [0.25, 0.3) is 6.43 Å². The molecule has 2 N–H and O–H groups in total. The van der Waals surface area contributed by atoms with Gasteiger partial charge in [0, 0.05) is 37.8 Å². The standard InChI is InChI=1S/C23H28F3N7O3S2/c1-12-8-32(9-13(2)27-12)15-7-14(38(34,35)31-23(11-24)4-5-23)10-33-18(21-29-30-22(37-21)19(25)26)17(28-20(15)33)16-3-6-36-16/h7,10,12-13,16,19,27,31H,3-6,8-9,11H2,1-2H3/t12-,13-,16?/m0/s1. The topological polar surface area (TPSA) is 114 Å². The lowest BCUT2D eigenvalue weighted by Crippen LogP contribution is -2.54. The lowest BCUT2D eigenvalue weighted by atomic mass is 10.1. The Bertz CT molecular complexity index is 1460. The van der Waals surface area contributed by atoms with Gasteiger partial charge in [0.1, 0.15) is 23.4 Å². The van der Waals surface area contributed by atoms with E-state index in [0.29, 0.717) is 61.7 Å². The number of rotatable bonds is 8. The average molecular weight is 572 g/mol. The first kappa shape index (κ1) is 25.9. The highest BCUT2D eigenvalue weighted by Crippen LogP contribution is 2.42. The zero-order valence-electron chi connectivity index (χ0n) is 20.8. The average Bonchev–Trinajstić information content (AvgIpc) is 3.23. The summed E-state index contributed by atoms with van der Waals surface area (Å²) in [7, 11) is -4.12. The molecule has 15 heteroatoms. The molecule has 2 aliphatic heterocycles. The van der Waals surface area contributed by atoms with Crippen molar-refractivity contribution in [2.75, 3.05) is 31.3 Å². The molecular weight excluding hydrogens is 543 g/mol. The summed E-state index contributed by atoms with van der Waals surface area (Å²) in [5.41, 5.74) is 0.820. The maximum absolute atomic E-state index is 13.6. The molecule has 1 unspecified atom stereocenters. The first-order chi connectivity index (χ1) is 18.1. The number of ether oxygens (including phenoxy) is 1. The largest absolute Gasteiger partial charge is 0.372 e. The van der Waals surface area contributed by atoms with Crippen LogP contribution in [0.25, 0.3) is 16.3 Å². The van der Waals surface area contributed by atoms with Crippen LogP contribution in [0, 0.1) is 0 Å². The minimum absolute atomic E-state index is 0.0723. The number of halogens is 3. The number of alkyl halides is 3. The number of pyridine rings is 1. The highest BCUT2D eigenvalue weighted by molar-refractivity contribution is 7.89. The van der Waals surface area contributed by atoms with Crippen LogP contribution in [-0.2, 0) is 14.8 Å². The van der Waals surface area contributed by atoms with Crippen LogP contribution in [0.1, 0.15) is 56.3 Å². The molecular formula is C23H28F3N7O3S2. The molecule has 3 aromatic heterocycles. The fourth-order valence-corrected chi connectivity index (χ4v) is 7.30. The molecule has 0 amide bonds. The van der Waals surface area contributed by atoms with Gasteiger partial charge in [-0.05, 0) is 32.8 Å². The van der Waals surface area contributed by atoms with Crippen molar-refractivity contribution in [1.82, 2.24) is 29.6 Å². The first-order valence-electron chi connectivity index (χ1n) is 12.5. The zero-order valence-corrected chi connectivity index (χ0v) is 22.5. The van der Waals surface area contributed by atoms with Crippen LogP contribution in [0.2, 0.25) is 0 Å². The quantitative estimate of drug-likeness (QED) is 0.424. The SMILES string of the molecule is C[C@H]1CN(c2cc(S(=O)(=O)NC3(CF)CC3)cn3c(-c4nnc(C(F)F)s4)c(C4CCO4)nc23)C[C@H](C)N1. The Morgan fingerprint density at radius 3 is 2.53 bits per heavy atom. The summed E-state index contributed by atoms with van der Waals surface area (Å²) in [6.45, 7) is 5.00. The van der Waals surface area contributed by atoms with Crippen LogP contribution in [0.15, 0.2) is 17.2 Å². The number of nitrogens with one attached hydrogen (secondary N) is 2. The molecule has 3 aromatic rings. The number of aromatic nitrogens is 4. The van der Waals surface area contributed by atoms with Crippen molar-refractivity contribution in [3.63, 3.8) is 0 Å². The van der Waals surface area contributed by atoms with Gasteiger partial charge in [0.05, 0.1) is 23.5 Å². The van der Waals surface area contributed by atoms with Crippen molar-refractivity contribution in [2.45, 2.75) is 68.2 Å². The zero-order chi connectivity index (χ0) is 26.8. The summed E-state index contributed by atoms with van der Waals surface area (Å²) >= 11 is 0.732. The minimum atomic E-state index is -4.12. The number of imidazole rings is 1. The molecule has 0 radical (unpaired) electrons. The number of hydrogen-bond donors (Lipinski definition) is 2. The molecule has 3 atom stereocenters. The molecule has 1 aliphatic carbocycles. The van der Waals surface area contributed by atoms with Crippen LogP contribution in [-0.4, -0.2) is 72.0 Å². The highest BCUT2D eigenvalue weighted by atomic mass is 32.2. The van der Waals surface area contributed by atoms with Gasteiger partial charge >= 0.3 is 0 Å². The number of fused-ring (bicyclic) bond motifs is 1. The van der Waals surface area contributed by atoms with Gasteiger partial charge in [0.15, 0.2) is 15.7 Å². The third-order valence-corrected chi connectivity index (χ3v) is 9.69. The van der Waals surface area contributed by atoms with Gasteiger partial charge in [-0.3, -0.25) is 4.40 Å². The van der Waals surface area contributed by atoms with Crippen molar-refractivity contribution in [3.05, 3.63) is 23.0 Å². The Kier molecular flexibility index (Phi) is 6.41. The van der Waals surface area contributed by atoms with E-state index in [1.54, 1.807) is 10.5 Å². The van der Waals surface area contributed by atoms with E-state index in [9.17, 15) is 21.6 Å². The fraction of sp³-hybridized carbons (Fsp3) is 0.609. The number of nitrogens with zero attached hydrogens (tertiary/aromatic N) is 5. The van der Waals surface area contributed by atoms with E-state index in [4.69, 9.17) is 9.72 Å². The number of anilines is 1. The predicted octanol–water partition coefficient (Wildman–Crippen LogP) is 3.22. The summed E-state index contributed by atoms with van der Waals surface area (Å²) in [5, 5.41) is 10.9. The van der Waals surface area contributed by atoms with E-state index in [2.05, 4.69) is 25.1 Å². The van der Waals surface area contributed by atoms with Crippen molar-refractivity contribution >= 4 is 32.7 Å². The molecule has 5 heterocycles. The molecule has 2 saturated heterocycles. The smallest absolute Gasteiger partial charge is 0.291 e. The summed E-state index contributed by atoms with van der Waals surface area (Å²) in [4.78, 5) is 6.86. The van der Waals surface area contributed by atoms with Gasteiger partial charge in [0.2, 0.25) is 10.0 Å².